The number of rotatable bonds is 8. The monoisotopic (exact) mass is 416 g/mol. The van der Waals surface area contributed by atoms with Crippen LogP contribution in [0.2, 0.25) is 0 Å². The van der Waals surface area contributed by atoms with Gasteiger partial charge in [0.2, 0.25) is 10.0 Å². The van der Waals surface area contributed by atoms with E-state index in [1.165, 1.54) is 18.2 Å². The van der Waals surface area contributed by atoms with Crippen molar-refractivity contribution in [1.29, 1.82) is 0 Å². The van der Waals surface area contributed by atoms with Crippen LogP contribution in [-0.2, 0) is 16.6 Å². The zero-order valence-electron chi connectivity index (χ0n) is 16.3. The van der Waals surface area contributed by atoms with Crippen LogP contribution in [0, 0.1) is 0 Å². The molecule has 0 fully saturated rings. The summed E-state index contributed by atoms with van der Waals surface area (Å²) in [5.74, 6) is 1.05. The van der Waals surface area contributed by atoms with E-state index in [0.29, 0.717) is 43.4 Å². The maximum Gasteiger partial charge on any atom is 0.254 e. The Hall–Kier alpha value is -2.84. The lowest BCUT2D eigenvalue weighted by Gasteiger charge is -2.25. The molecule has 0 radical (unpaired) electrons. The van der Waals surface area contributed by atoms with Gasteiger partial charge in [0.1, 0.15) is 13.2 Å². The predicted octanol–water partition coefficient (Wildman–Crippen LogP) is 2.58. The number of para-hydroxylation sites is 1. The molecule has 0 unspecified atom stereocenters. The Balaban J connectivity index is 1.84. The van der Waals surface area contributed by atoms with E-state index in [0.717, 1.165) is 5.56 Å². The van der Waals surface area contributed by atoms with Gasteiger partial charge in [-0.1, -0.05) is 24.3 Å². The van der Waals surface area contributed by atoms with Crippen LogP contribution in [0.1, 0.15) is 22.8 Å². The van der Waals surface area contributed by atoms with E-state index >= 15 is 0 Å². The summed E-state index contributed by atoms with van der Waals surface area (Å²) in [4.78, 5) is 14.7. The second-order valence-corrected chi connectivity index (χ2v) is 8.20. The van der Waals surface area contributed by atoms with Crippen LogP contribution in [0.5, 0.6) is 11.5 Å². The van der Waals surface area contributed by atoms with Crippen molar-refractivity contribution in [3.8, 4) is 11.5 Å². The van der Waals surface area contributed by atoms with E-state index in [9.17, 15) is 13.2 Å². The summed E-state index contributed by atoms with van der Waals surface area (Å²) in [6.45, 7) is 7.22. The average Bonchev–Trinajstić information content (AvgIpc) is 2.75. The summed E-state index contributed by atoms with van der Waals surface area (Å²) in [5.41, 5.74) is 1.14. The molecule has 29 heavy (non-hydrogen) atoms. The lowest BCUT2D eigenvalue weighted by Crippen LogP contribution is -2.31. The van der Waals surface area contributed by atoms with Gasteiger partial charge >= 0.3 is 0 Å². The van der Waals surface area contributed by atoms with E-state index in [1.54, 1.807) is 17.0 Å². The molecule has 154 valence electrons. The summed E-state index contributed by atoms with van der Waals surface area (Å²) in [6.07, 6.45) is 1.46. The lowest BCUT2D eigenvalue weighted by molar-refractivity contribution is 0.0749. The Morgan fingerprint density at radius 3 is 2.72 bits per heavy atom. The summed E-state index contributed by atoms with van der Waals surface area (Å²) >= 11 is 0. The van der Waals surface area contributed by atoms with E-state index in [4.69, 9.17) is 9.47 Å². The van der Waals surface area contributed by atoms with Crippen molar-refractivity contribution in [1.82, 2.24) is 9.62 Å². The van der Waals surface area contributed by atoms with E-state index in [-0.39, 0.29) is 17.3 Å². The standard InChI is InChI=1S/C21H24N2O5S/c1-3-11-22-29(25,26)18-9-5-7-16(14-18)21(24)23(4-2)15-17-8-6-10-19-20(17)28-13-12-27-19/h3,5-10,14,22H,1,4,11-13,15H2,2H3. The second kappa shape index (κ2) is 9.11. The molecular weight excluding hydrogens is 392 g/mol. The minimum Gasteiger partial charge on any atom is -0.486 e. The van der Waals surface area contributed by atoms with E-state index < -0.39 is 10.0 Å². The first-order valence-corrected chi connectivity index (χ1v) is 10.8. The van der Waals surface area contributed by atoms with Gasteiger partial charge in [-0.2, -0.15) is 0 Å². The molecule has 0 bridgehead atoms. The Morgan fingerprint density at radius 1 is 1.21 bits per heavy atom. The van der Waals surface area contributed by atoms with Crippen molar-refractivity contribution in [3.05, 3.63) is 66.2 Å². The highest BCUT2D eigenvalue weighted by atomic mass is 32.2. The van der Waals surface area contributed by atoms with E-state index in [2.05, 4.69) is 11.3 Å². The minimum atomic E-state index is -3.71. The van der Waals surface area contributed by atoms with Crippen molar-refractivity contribution in [2.45, 2.75) is 18.4 Å². The van der Waals surface area contributed by atoms with Crippen LogP contribution < -0.4 is 14.2 Å². The number of fused-ring (bicyclic) bond motifs is 1. The van der Waals surface area contributed by atoms with Crippen LogP contribution >= 0.6 is 0 Å². The molecule has 1 N–H and O–H groups in total. The summed E-state index contributed by atoms with van der Waals surface area (Å²) in [7, 11) is -3.71. The fraction of sp³-hybridized carbons (Fsp3) is 0.286. The molecule has 2 aromatic rings. The molecule has 1 aliphatic heterocycles. The fourth-order valence-electron chi connectivity index (χ4n) is 3.02. The van der Waals surface area contributed by atoms with Gasteiger partial charge in [0.15, 0.2) is 11.5 Å². The molecule has 7 nitrogen and oxygen atoms in total. The number of hydrogen-bond acceptors (Lipinski definition) is 5. The molecule has 1 amide bonds. The van der Waals surface area contributed by atoms with Gasteiger partial charge < -0.3 is 14.4 Å². The first-order chi connectivity index (χ1) is 14.0. The Kier molecular flexibility index (Phi) is 6.56. The molecule has 8 heteroatoms. The van der Waals surface area contributed by atoms with Gasteiger partial charge in [-0.05, 0) is 31.2 Å². The first kappa shape index (κ1) is 20.9. The van der Waals surface area contributed by atoms with Crippen LogP contribution in [0.3, 0.4) is 0 Å². The molecule has 0 saturated heterocycles. The van der Waals surface area contributed by atoms with Crippen molar-refractivity contribution in [2.75, 3.05) is 26.3 Å². The van der Waals surface area contributed by atoms with Crippen molar-refractivity contribution >= 4 is 15.9 Å². The maximum absolute atomic E-state index is 13.1. The van der Waals surface area contributed by atoms with Crippen molar-refractivity contribution in [2.24, 2.45) is 0 Å². The summed E-state index contributed by atoms with van der Waals surface area (Å²) < 4.78 is 38.4. The highest BCUT2D eigenvalue weighted by molar-refractivity contribution is 7.89. The number of amides is 1. The predicted molar refractivity (Wildman–Crippen MR) is 110 cm³/mol. The SMILES string of the molecule is C=CCNS(=O)(=O)c1cccc(C(=O)N(CC)Cc2cccc3c2OCCO3)c1. The van der Waals surface area contributed by atoms with Gasteiger partial charge in [-0.3, -0.25) is 4.79 Å². The van der Waals surface area contributed by atoms with Gasteiger partial charge in [-0.25, -0.2) is 13.1 Å². The number of nitrogens with one attached hydrogen (secondary N) is 1. The molecule has 0 aliphatic carbocycles. The average molecular weight is 416 g/mol. The third-order valence-electron chi connectivity index (χ3n) is 4.49. The third-order valence-corrected chi connectivity index (χ3v) is 5.91. The van der Waals surface area contributed by atoms with Crippen LogP contribution in [-0.4, -0.2) is 45.5 Å². The third kappa shape index (κ3) is 4.78. The normalized spacial score (nSPS) is 13.0. The maximum atomic E-state index is 13.1. The van der Waals surface area contributed by atoms with Crippen LogP contribution in [0.25, 0.3) is 0 Å². The largest absolute Gasteiger partial charge is 0.486 e. The zero-order chi connectivity index (χ0) is 20.9. The van der Waals surface area contributed by atoms with Gasteiger partial charge in [-0.15, -0.1) is 6.58 Å². The first-order valence-electron chi connectivity index (χ1n) is 9.33. The molecular formula is C21H24N2O5S. The van der Waals surface area contributed by atoms with Gasteiger partial charge in [0.25, 0.3) is 5.91 Å². The highest BCUT2D eigenvalue weighted by Gasteiger charge is 2.22. The van der Waals surface area contributed by atoms with Crippen LogP contribution in [0.4, 0.5) is 0 Å². The van der Waals surface area contributed by atoms with Crippen molar-refractivity contribution < 1.29 is 22.7 Å². The van der Waals surface area contributed by atoms with Gasteiger partial charge in [0.05, 0.1) is 4.90 Å². The lowest BCUT2D eigenvalue weighted by atomic mass is 10.1. The summed E-state index contributed by atoms with van der Waals surface area (Å²) in [5, 5.41) is 0. The molecule has 0 atom stereocenters. The topological polar surface area (TPSA) is 84.9 Å². The Labute approximate surface area is 171 Å². The molecule has 1 heterocycles. The number of benzene rings is 2. The molecule has 1 aliphatic rings. The van der Waals surface area contributed by atoms with E-state index in [1.807, 2.05) is 25.1 Å². The number of nitrogens with zero attached hydrogens (tertiary/aromatic N) is 1. The molecule has 2 aromatic carbocycles. The number of ether oxygens (including phenoxy) is 2. The summed E-state index contributed by atoms with van der Waals surface area (Å²) in [6, 6.07) is 11.6. The van der Waals surface area contributed by atoms with Gasteiger partial charge in [0, 0.05) is 30.8 Å². The quantitative estimate of drug-likeness (QED) is 0.669. The number of carbonyl (C=O) groups is 1. The molecule has 0 aromatic heterocycles. The fourth-order valence-corrected chi connectivity index (χ4v) is 4.07. The smallest absolute Gasteiger partial charge is 0.254 e. The zero-order valence-corrected chi connectivity index (χ0v) is 17.1. The second-order valence-electron chi connectivity index (χ2n) is 6.43. The Morgan fingerprint density at radius 2 is 1.97 bits per heavy atom. The minimum absolute atomic E-state index is 0.0371. The van der Waals surface area contributed by atoms with Crippen LogP contribution in [0.15, 0.2) is 60.0 Å². The molecule has 3 rings (SSSR count). The number of carbonyl (C=O) groups excluding carboxylic acids is 1. The number of hydrogen-bond donors (Lipinski definition) is 1. The highest BCUT2D eigenvalue weighted by Crippen LogP contribution is 2.34. The molecule has 0 spiro atoms. The Bertz CT molecular complexity index is 1000. The molecule has 0 saturated carbocycles. The van der Waals surface area contributed by atoms with Crippen molar-refractivity contribution in [3.63, 3.8) is 0 Å². The number of sulfonamides is 1.